The van der Waals surface area contributed by atoms with Gasteiger partial charge in [0.15, 0.2) is 0 Å². The van der Waals surface area contributed by atoms with Crippen LogP contribution in [-0.2, 0) is 9.59 Å². The Morgan fingerprint density at radius 2 is 1.31 bits per heavy atom. The van der Waals surface area contributed by atoms with Gasteiger partial charge in [0.1, 0.15) is 6.04 Å². The molecule has 172 valence electrons. The number of hydrogen-bond acceptors (Lipinski definition) is 4. The Kier molecular flexibility index (Phi) is 19.4. The molecule has 6 heteroatoms. The molecule has 0 saturated heterocycles. The van der Waals surface area contributed by atoms with Gasteiger partial charge in [-0.25, -0.2) is 0 Å². The average molecular weight is 415 g/mol. The van der Waals surface area contributed by atoms with Gasteiger partial charge in [0.25, 0.3) is 0 Å². The van der Waals surface area contributed by atoms with Crippen molar-refractivity contribution in [3.63, 3.8) is 0 Å². The first-order valence-electron chi connectivity index (χ1n) is 11.9. The number of aliphatic carboxylic acids is 1. The molecule has 1 amide bonds. The number of nitrogens with one attached hydrogen (secondary N) is 1. The zero-order valence-corrected chi connectivity index (χ0v) is 19.0. The first-order valence-corrected chi connectivity index (χ1v) is 11.9. The van der Waals surface area contributed by atoms with E-state index in [1.165, 1.54) is 70.6 Å². The van der Waals surface area contributed by atoms with Crippen LogP contribution < -0.4 is 5.32 Å². The molecule has 0 rings (SSSR count). The van der Waals surface area contributed by atoms with E-state index in [1.54, 1.807) is 11.8 Å². The van der Waals surface area contributed by atoms with Crippen LogP contribution >= 0.6 is 0 Å². The molecular weight excluding hydrogens is 368 g/mol. The molecule has 3 N–H and O–H groups in total. The Bertz CT molecular complexity index is 404. The molecule has 0 fully saturated rings. The second-order valence-electron chi connectivity index (χ2n) is 8.12. The van der Waals surface area contributed by atoms with Gasteiger partial charge >= 0.3 is 5.97 Å². The van der Waals surface area contributed by atoms with Gasteiger partial charge in [0.2, 0.25) is 5.91 Å². The number of nitrogens with zero attached hydrogens (tertiary/aromatic N) is 1. The molecule has 0 aliphatic carbocycles. The number of rotatable bonds is 21. The topological polar surface area (TPSA) is 89.9 Å². The predicted octanol–water partition coefficient (Wildman–Crippen LogP) is 4.35. The Labute approximate surface area is 178 Å². The summed E-state index contributed by atoms with van der Waals surface area (Å²) in [6, 6.07) is -0.667. The maximum absolute atomic E-state index is 11.9. The van der Waals surface area contributed by atoms with Gasteiger partial charge in [0.05, 0.1) is 6.61 Å². The van der Waals surface area contributed by atoms with Crippen molar-refractivity contribution in [3.8, 4) is 0 Å². The lowest BCUT2D eigenvalue weighted by Gasteiger charge is -2.25. The third-order valence-corrected chi connectivity index (χ3v) is 5.52. The molecule has 0 heterocycles. The molecule has 0 aliphatic rings. The van der Waals surface area contributed by atoms with Crippen molar-refractivity contribution in [3.05, 3.63) is 0 Å². The molecule has 1 unspecified atom stereocenters. The maximum Gasteiger partial charge on any atom is 0.320 e. The Hall–Kier alpha value is -1.14. The van der Waals surface area contributed by atoms with Gasteiger partial charge in [-0.2, -0.15) is 0 Å². The summed E-state index contributed by atoms with van der Waals surface area (Å²) < 4.78 is 0. The Balaban J connectivity index is 3.50. The maximum atomic E-state index is 11.9. The fraction of sp³-hybridized carbons (Fsp3) is 0.913. The van der Waals surface area contributed by atoms with Crippen molar-refractivity contribution in [1.29, 1.82) is 0 Å². The van der Waals surface area contributed by atoms with E-state index in [4.69, 9.17) is 10.2 Å². The molecule has 0 saturated carbocycles. The third-order valence-electron chi connectivity index (χ3n) is 5.52. The number of amides is 1. The molecule has 0 aliphatic heterocycles. The number of unbranched alkanes of at least 4 members (excludes halogenated alkanes) is 12. The summed E-state index contributed by atoms with van der Waals surface area (Å²) >= 11 is 0. The standard InChI is InChI=1S/C23H46N2O4/c1-3-4-5-6-7-8-9-10-11-12-13-14-15-16-22(27)24-17-18-25(19-20-26)21(2)23(28)29/h21,26H,3-20H2,1-2H3,(H,24,27)(H,28,29). The minimum Gasteiger partial charge on any atom is -0.480 e. The monoisotopic (exact) mass is 414 g/mol. The van der Waals surface area contributed by atoms with E-state index in [1.807, 2.05) is 0 Å². The number of carbonyl (C=O) groups excluding carboxylic acids is 1. The van der Waals surface area contributed by atoms with Crippen LogP contribution in [-0.4, -0.2) is 59.3 Å². The predicted molar refractivity (Wildman–Crippen MR) is 119 cm³/mol. The van der Waals surface area contributed by atoms with Gasteiger partial charge in [0, 0.05) is 26.1 Å². The summed E-state index contributed by atoms with van der Waals surface area (Å²) in [6.45, 7) is 4.89. The summed E-state index contributed by atoms with van der Waals surface area (Å²) in [5, 5.41) is 21.0. The van der Waals surface area contributed by atoms with Crippen LogP contribution in [0.5, 0.6) is 0 Å². The summed E-state index contributed by atoms with van der Waals surface area (Å²) in [5.74, 6) is -0.892. The van der Waals surface area contributed by atoms with Crippen LogP contribution in [0.15, 0.2) is 0 Å². The molecule has 0 aromatic rings. The van der Waals surface area contributed by atoms with Crippen LogP contribution in [0.1, 0.15) is 104 Å². The Morgan fingerprint density at radius 3 is 1.76 bits per heavy atom. The second kappa shape index (κ2) is 20.1. The van der Waals surface area contributed by atoms with Gasteiger partial charge in [-0.1, -0.05) is 84.0 Å². The number of hydrogen-bond donors (Lipinski definition) is 3. The lowest BCUT2D eigenvalue weighted by molar-refractivity contribution is -0.142. The molecule has 6 nitrogen and oxygen atoms in total. The second-order valence-corrected chi connectivity index (χ2v) is 8.12. The summed E-state index contributed by atoms with van der Waals surface area (Å²) in [4.78, 5) is 24.6. The summed E-state index contributed by atoms with van der Waals surface area (Å²) in [6.07, 6.45) is 17.3. The highest BCUT2D eigenvalue weighted by molar-refractivity contribution is 5.75. The fourth-order valence-electron chi connectivity index (χ4n) is 3.51. The van der Waals surface area contributed by atoms with E-state index in [-0.39, 0.29) is 12.5 Å². The molecule has 0 aromatic carbocycles. The number of carboxylic acids is 1. The van der Waals surface area contributed by atoms with Crippen LogP contribution in [0.4, 0.5) is 0 Å². The van der Waals surface area contributed by atoms with Crippen LogP contribution in [0.3, 0.4) is 0 Å². The molecule has 0 radical (unpaired) electrons. The summed E-state index contributed by atoms with van der Waals surface area (Å²) in [7, 11) is 0. The molecule has 1 atom stereocenters. The lowest BCUT2D eigenvalue weighted by atomic mass is 10.0. The van der Waals surface area contributed by atoms with Crippen molar-refractivity contribution in [2.45, 2.75) is 110 Å². The van der Waals surface area contributed by atoms with E-state index in [0.717, 1.165) is 12.8 Å². The first kappa shape index (κ1) is 27.9. The highest BCUT2D eigenvalue weighted by atomic mass is 16.4. The van der Waals surface area contributed by atoms with Gasteiger partial charge in [-0.15, -0.1) is 0 Å². The smallest absolute Gasteiger partial charge is 0.320 e. The van der Waals surface area contributed by atoms with Crippen LogP contribution in [0, 0.1) is 0 Å². The van der Waals surface area contributed by atoms with Crippen LogP contribution in [0.25, 0.3) is 0 Å². The SMILES string of the molecule is CCCCCCCCCCCCCCCC(=O)NCCN(CCO)C(C)C(=O)O. The van der Waals surface area contributed by atoms with Crippen molar-refractivity contribution >= 4 is 11.9 Å². The minimum atomic E-state index is -0.920. The van der Waals surface area contributed by atoms with Crippen LogP contribution in [0.2, 0.25) is 0 Å². The molecule has 0 aromatic heterocycles. The lowest BCUT2D eigenvalue weighted by Crippen LogP contribution is -2.44. The van der Waals surface area contributed by atoms with E-state index in [2.05, 4.69) is 12.2 Å². The normalized spacial score (nSPS) is 12.3. The highest BCUT2D eigenvalue weighted by Crippen LogP contribution is 2.12. The molecular formula is C23H46N2O4. The zero-order valence-electron chi connectivity index (χ0n) is 19.0. The minimum absolute atomic E-state index is 0.0278. The molecule has 0 spiro atoms. The van der Waals surface area contributed by atoms with Crippen molar-refractivity contribution in [1.82, 2.24) is 10.2 Å². The summed E-state index contributed by atoms with van der Waals surface area (Å²) in [5.41, 5.74) is 0. The third kappa shape index (κ3) is 17.4. The van der Waals surface area contributed by atoms with Crippen molar-refractivity contribution < 1.29 is 19.8 Å². The number of carbonyl (C=O) groups is 2. The van der Waals surface area contributed by atoms with Crippen molar-refractivity contribution in [2.75, 3.05) is 26.2 Å². The molecule has 29 heavy (non-hydrogen) atoms. The van der Waals surface area contributed by atoms with E-state index >= 15 is 0 Å². The van der Waals surface area contributed by atoms with Crippen molar-refractivity contribution in [2.24, 2.45) is 0 Å². The average Bonchev–Trinajstić information content (AvgIpc) is 2.70. The number of carboxylic acid groups (broad SMARTS) is 1. The highest BCUT2D eigenvalue weighted by Gasteiger charge is 2.19. The number of aliphatic hydroxyl groups excluding tert-OH is 1. The fourth-order valence-corrected chi connectivity index (χ4v) is 3.51. The Morgan fingerprint density at radius 1 is 0.828 bits per heavy atom. The molecule has 0 bridgehead atoms. The van der Waals surface area contributed by atoms with Gasteiger partial charge < -0.3 is 15.5 Å². The largest absolute Gasteiger partial charge is 0.480 e. The van der Waals surface area contributed by atoms with E-state index in [9.17, 15) is 9.59 Å². The van der Waals surface area contributed by atoms with Gasteiger partial charge in [-0.05, 0) is 13.3 Å². The zero-order chi connectivity index (χ0) is 21.7. The van der Waals surface area contributed by atoms with E-state index in [0.29, 0.717) is 26.1 Å². The first-order chi connectivity index (χ1) is 14.0. The number of aliphatic hydroxyl groups is 1. The van der Waals surface area contributed by atoms with Gasteiger partial charge in [-0.3, -0.25) is 14.5 Å². The van der Waals surface area contributed by atoms with E-state index < -0.39 is 12.0 Å². The quantitative estimate of drug-likeness (QED) is 0.243.